The smallest absolute Gasteiger partial charge is 0.459 e. The number of alkyl halides is 1. The number of rotatable bonds is 13. The molecule has 3 rings (SSSR count). The summed E-state index contributed by atoms with van der Waals surface area (Å²) in [4.78, 5) is 38.6. The molecule has 1 aromatic heterocycles. The molecule has 1 aromatic carbocycles. The van der Waals surface area contributed by atoms with Crippen LogP contribution in [0.25, 0.3) is 0 Å². The van der Waals surface area contributed by atoms with Crippen LogP contribution in [0.4, 0.5) is 4.39 Å². The molecule has 0 aliphatic carbocycles. The highest BCUT2D eigenvalue weighted by Crippen LogP contribution is 2.47. The Morgan fingerprint density at radius 1 is 1.31 bits per heavy atom. The Morgan fingerprint density at radius 3 is 2.62 bits per heavy atom. The van der Waals surface area contributed by atoms with Gasteiger partial charge in [0, 0.05) is 17.2 Å². The van der Waals surface area contributed by atoms with Crippen LogP contribution in [-0.2, 0) is 23.4 Å². The number of halogens is 1. The number of aromatic nitrogens is 2. The number of hydrogen-bond acceptors (Lipinski definition) is 10. The van der Waals surface area contributed by atoms with E-state index in [0.717, 1.165) is 40.8 Å². The fourth-order valence-corrected chi connectivity index (χ4v) is 5.70. The van der Waals surface area contributed by atoms with Gasteiger partial charge in [-0.15, -0.1) is 11.8 Å². The van der Waals surface area contributed by atoms with Crippen molar-refractivity contribution in [3.63, 3.8) is 0 Å². The van der Waals surface area contributed by atoms with Gasteiger partial charge in [-0.2, -0.15) is 0 Å². The van der Waals surface area contributed by atoms with Gasteiger partial charge in [0.15, 0.2) is 11.9 Å². The maximum atomic E-state index is 15.5. The van der Waals surface area contributed by atoms with Crippen molar-refractivity contribution in [3.8, 4) is 5.75 Å². The van der Waals surface area contributed by atoms with Crippen LogP contribution in [0.1, 0.15) is 40.3 Å². The summed E-state index contributed by atoms with van der Waals surface area (Å²) in [6.45, 7) is 5.23. The summed E-state index contributed by atoms with van der Waals surface area (Å²) in [6, 6.07) is 7.72. The Morgan fingerprint density at radius 2 is 2.00 bits per heavy atom. The summed E-state index contributed by atoms with van der Waals surface area (Å²) < 4.78 is 51.6. The normalized spacial score (nSPS) is 24.4. The van der Waals surface area contributed by atoms with Crippen LogP contribution in [0.2, 0.25) is 0 Å². The van der Waals surface area contributed by atoms with Gasteiger partial charge in [0.1, 0.15) is 24.5 Å². The molecule has 15 heteroatoms. The predicted molar refractivity (Wildman–Crippen MR) is 142 cm³/mol. The third-order valence-electron chi connectivity index (χ3n) is 5.54. The maximum Gasteiger partial charge on any atom is 0.459 e. The number of benzene rings is 1. The first-order valence-corrected chi connectivity index (χ1v) is 14.8. The lowest BCUT2D eigenvalue weighted by atomic mass is 9.98. The first-order chi connectivity index (χ1) is 18.3. The monoisotopic (exact) mass is 589 g/mol. The number of aliphatic hydroxyl groups excluding tert-OH is 1. The molecule has 1 fully saturated rings. The van der Waals surface area contributed by atoms with E-state index in [-0.39, 0.29) is 5.75 Å². The molecule has 0 saturated carbocycles. The lowest BCUT2D eigenvalue weighted by molar-refractivity contribution is -0.146. The van der Waals surface area contributed by atoms with E-state index in [2.05, 4.69) is 12.0 Å². The molecule has 0 bridgehead atoms. The number of esters is 1. The topological polar surface area (TPSA) is 158 Å². The largest absolute Gasteiger partial charge is 0.462 e. The van der Waals surface area contributed by atoms with Gasteiger partial charge in [-0.1, -0.05) is 6.92 Å². The van der Waals surface area contributed by atoms with Crippen molar-refractivity contribution in [2.75, 3.05) is 18.9 Å². The van der Waals surface area contributed by atoms with Crippen molar-refractivity contribution >= 4 is 25.5 Å². The lowest BCUT2D eigenvalue weighted by Gasteiger charge is -2.24. The molecule has 1 aliphatic rings. The Balaban J connectivity index is 1.76. The van der Waals surface area contributed by atoms with Gasteiger partial charge < -0.3 is 19.1 Å². The maximum absolute atomic E-state index is 15.5. The van der Waals surface area contributed by atoms with Crippen molar-refractivity contribution in [1.82, 2.24) is 14.6 Å². The van der Waals surface area contributed by atoms with Crippen molar-refractivity contribution in [2.45, 2.75) is 69.2 Å². The molecule has 0 radical (unpaired) electrons. The number of nitrogens with zero attached hydrogens (tertiary/aromatic N) is 1. The fourth-order valence-electron chi connectivity index (χ4n) is 3.66. The van der Waals surface area contributed by atoms with E-state index in [9.17, 15) is 24.1 Å². The van der Waals surface area contributed by atoms with E-state index < -0.39 is 68.3 Å². The third-order valence-corrected chi connectivity index (χ3v) is 8.24. The van der Waals surface area contributed by atoms with Gasteiger partial charge in [0.25, 0.3) is 5.56 Å². The van der Waals surface area contributed by atoms with E-state index in [1.165, 1.54) is 0 Å². The van der Waals surface area contributed by atoms with E-state index in [1.807, 2.05) is 4.98 Å². The molecule has 1 aliphatic heterocycles. The van der Waals surface area contributed by atoms with Gasteiger partial charge in [0.2, 0.25) is 0 Å². The molecule has 5 atom stereocenters. The molecule has 1 saturated heterocycles. The predicted octanol–water partition coefficient (Wildman–Crippen LogP) is 2.77. The molecule has 2 aromatic rings. The van der Waals surface area contributed by atoms with Gasteiger partial charge >= 0.3 is 19.4 Å². The average molecular weight is 590 g/mol. The second-order valence-corrected chi connectivity index (χ2v) is 12.1. The molecular weight excluding hydrogens is 556 g/mol. The molecule has 12 nitrogen and oxygen atoms in total. The molecule has 0 amide bonds. The Bertz CT molecular complexity index is 1280. The summed E-state index contributed by atoms with van der Waals surface area (Å²) in [6.07, 6.45) is -3.20. The van der Waals surface area contributed by atoms with E-state index in [1.54, 1.807) is 49.9 Å². The quantitative estimate of drug-likeness (QED) is 0.179. The van der Waals surface area contributed by atoms with Crippen LogP contribution in [0.15, 0.2) is 51.0 Å². The zero-order valence-corrected chi connectivity index (χ0v) is 23.7. The summed E-state index contributed by atoms with van der Waals surface area (Å²) in [5, 5.41) is 13.0. The molecule has 3 N–H and O–H groups in total. The Labute approximate surface area is 228 Å². The van der Waals surface area contributed by atoms with E-state index in [0.29, 0.717) is 0 Å². The number of nitrogens with one attached hydrogen (secondary N) is 2. The summed E-state index contributed by atoms with van der Waals surface area (Å²) in [7, 11) is -4.29. The lowest BCUT2D eigenvalue weighted by Crippen LogP contribution is -2.43. The fraction of sp³-hybridized carbons (Fsp3) is 0.542. The second kappa shape index (κ2) is 13.2. The molecule has 216 valence electrons. The van der Waals surface area contributed by atoms with Crippen molar-refractivity contribution in [2.24, 2.45) is 0 Å². The zero-order valence-electron chi connectivity index (χ0n) is 22.0. The SMILES string of the molecule is CCCSc1ccc(OP(=O)(NCC(=O)OC(C)C)OC[C@H]2OC(n3ccc(=O)[nH]c3=O)[C@](C)(F)[C@@H]2O)cc1. The van der Waals surface area contributed by atoms with Crippen LogP contribution >= 0.6 is 19.5 Å². The van der Waals surface area contributed by atoms with Gasteiger partial charge in [-0.3, -0.25) is 23.7 Å². The minimum Gasteiger partial charge on any atom is -0.462 e. The Hall–Kier alpha value is -2.48. The van der Waals surface area contributed by atoms with Crippen molar-refractivity contribution in [1.29, 1.82) is 0 Å². The number of carbonyl (C=O) groups excluding carboxylic acids is 1. The highest BCUT2D eigenvalue weighted by molar-refractivity contribution is 7.99. The molecular formula is C24H33FN3O9PS. The first kappa shape index (κ1) is 31.1. The summed E-state index contributed by atoms with van der Waals surface area (Å²) in [5.74, 6) is 0.379. The number of hydrogen-bond donors (Lipinski definition) is 3. The van der Waals surface area contributed by atoms with Crippen LogP contribution in [0.5, 0.6) is 5.75 Å². The standard InChI is InChI=1S/C24H33FN3O9PS/c1-5-12-39-17-8-6-16(7-9-17)37-38(33,26-13-20(30)35-15(2)3)34-14-18-21(31)24(4,25)22(36-18)28-11-10-19(29)27-23(28)32/h6-11,15,18,21-22,31H,5,12-14H2,1-4H3,(H,26,33)(H,27,29,32)/t18-,21-,22?,24-,38?/m1/s1. The first-order valence-electron chi connectivity index (χ1n) is 12.3. The highest BCUT2D eigenvalue weighted by Gasteiger charge is 2.55. The van der Waals surface area contributed by atoms with Gasteiger partial charge in [-0.05, 0) is 57.2 Å². The van der Waals surface area contributed by atoms with Crippen molar-refractivity contribution in [3.05, 3.63) is 57.4 Å². The summed E-state index contributed by atoms with van der Waals surface area (Å²) in [5.41, 5.74) is -4.11. The van der Waals surface area contributed by atoms with E-state index >= 15 is 4.39 Å². The molecule has 2 unspecified atom stereocenters. The average Bonchev–Trinajstić information content (AvgIpc) is 3.09. The number of aromatic amines is 1. The van der Waals surface area contributed by atoms with Crippen LogP contribution in [0, 0.1) is 0 Å². The minimum absolute atomic E-state index is 0.171. The molecule has 2 heterocycles. The third kappa shape index (κ3) is 8.26. The second-order valence-electron chi connectivity index (χ2n) is 9.22. The number of aliphatic hydroxyl groups is 1. The van der Waals surface area contributed by atoms with Gasteiger partial charge in [0.05, 0.1) is 12.7 Å². The van der Waals surface area contributed by atoms with Gasteiger partial charge in [-0.25, -0.2) is 18.8 Å². The van der Waals surface area contributed by atoms with Crippen LogP contribution < -0.4 is 20.9 Å². The molecule has 0 spiro atoms. The zero-order chi connectivity index (χ0) is 28.8. The number of thioether (sulfide) groups is 1. The van der Waals surface area contributed by atoms with E-state index in [4.69, 9.17) is 18.5 Å². The molecule has 39 heavy (non-hydrogen) atoms. The van der Waals surface area contributed by atoms with Crippen LogP contribution in [0.3, 0.4) is 0 Å². The van der Waals surface area contributed by atoms with Crippen LogP contribution in [-0.4, -0.2) is 63.5 Å². The number of carbonyl (C=O) groups is 1. The summed E-state index contributed by atoms with van der Waals surface area (Å²) >= 11 is 1.64. The highest BCUT2D eigenvalue weighted by atomic mass is 32.2. The number of ether oxygens (including phenoxy) is 2. The minimum atomic E-state index is -4.29. The Kier molecular flexibility index (Phi) is 10.5. The van der Waals surface area contributed by atoms with Crippen molar-refractivity contribution < 1.29 is 37.4 Å². The number of H-pyrrole nitrogens is 1.